The highest BCUT2D eigenvalue weighted by molar-refractivity contribution is 6.39. The van der Waals surface area contributed by atoms with Gasteiger partial charge < -0.3 is 116 Å². The molecule has 0 aliphatic carbocycles. The fraction of sp³-hybridized carbons (Fsp3) is 0.404. The van der Waals surface area contributed by atoms with E-state index in [1.165, 1.54) is 29.9 Å². The van der Waals surface area contributed by atoms with Gasteiger partial charge in [-0.25, -0.2) is 9.59 Å². The zero-order valence-electron chi connectivity index (χ0n) is 71.0. The summed E-state index contributed by atoms with van der Waals surface area (Å²) in [5.74, 6) is 3.18. The maximum atomic E-state index is 12.4. The molecule has 0 spiro atoms. The molecule has 0 aliphatic rings. The Balaban J connectivity index is 0.000000901. The largest absolute Gasteiger partial charge is 1.00 e. The lowest BCUT2D eigenvalue weighted by Gasteiger charge is -2.23. The zero-order valence-corrected chi connectivity index (χ0v) is 80.5. The van der Waals surface area contributed by atoms with Crippen LogP contribution < -0.4 is 130 Å². The van der Waals surface area contributed by atoms with Gasteiger partial charge in [0.15, 0.2) is 0 Å². The van der Waals surface area contributed by atoms with E-state index in [1.54, 1.807) is 91.0 Å². The molecule has 0 saturated carbocycles. The van der Waals surface area contributed by atoms with Gasteiger partial charge in [0.05, 0.1) is 124 Å². The van der Waals surface area contributed by atoms with Gasteiger partial charge in [0.2, 0.25) is 17.7 Å². The van der Waals surface area contributed by atoms with Crippen LogP contribution in [0.4, 0.5) is 17.1 Å². The van der Waals surface area contributed by atoms with Crippen molar-refractivity contribution in [1.82, 2.24) is 29.4 Å². The summed E-state index contributed by atoms with van der Waals surface area (Å²) in [6, 6.07) is 65.7. The van der Waals surface area contributed by atoms with Crippen molar-refractivity contribution < 1.29 is 124 Å². The molecule has 3 N–H and O–H groups in total. The van der Waals surface area contributed by atoms with Crippen molar-refractivity contribution in [2.75, 3.05) is 103 Å². The highest BCUT2D eigenvalue weighted by atomic mass is 127. The summed E-state index contributed by atoms with van der Waals surface area (Å²) in [4.78, 5) is 61.2. The van der Waals surface area contributed by atoms with Crippen LogP contribution in [0.15, 0.2) is 212 Å². The molecule has 17 nitrogen and oxygen atoms in total. The van der Waals surface area contributed by atoms with Crippen LogP contribution in [0.2, 0.25) is 20.1 Å². The Morgan fingerprint density at radius 3 is 0.886 bits per heavy atom. The Kier molecular flexibility index (Phi) is 57.4. The third-order valence-corrected chi connectivity index (χ3v) is 20.2. The van der Waals surface area contributed by atoms with Crippen molar-refractivity contribution in [3.63, 3.8) is 0 Å². The summed E-state index contributed by atoms with van der Waals surface area (Å²) in [5.41, 5.74) is 8.39. The van der Waals surface area contributed by atoms with Gasteiger partial charge in [-0.1, -0.05) is 206 Å². The summed E-state index contributed by atoms with van der Waals surface area (Å²) < 4.78 is 36.3. The number of amides is 3. The average molecular weight is 2110 g/mol. The monoisotopic (exact) mass is 2100 g/mol. The Hall–Kier alpha value is -7.24. The number of benzene rings is 9. The van der Waals surface area contributed by atoms with Gasteiger partial charge >= 0.3 is 11.9 Å². The summed E-state index contributed by atoms with van der Waals surface area (Å²) in [7, 11) is 19.2. The van der Waals surface area contributed by atoms with Crippen LogP contribution in [0.25, 0.3) is 0 Å². The summed E-state index contributed by atoms with van der Waals surface area (Å²) in [6.07, 6.45) is 20.9. The van der Waals surface area contributed by atoms with Crippen molar-refractivity contribution in [2.24, 2.45) is 0 Å². The number of nitrogens with zero attached hydrogens (tertiary/aromatic N) is 3. The molecule has 24 heteroatoms. The van der Waals surface area contributed by atoms with Crippen LogP contribution in [0.5, 0.6) is 34.5 Å². The number of hydrogen-bond acceptors (Lipinski definition) is 11. The number of nitrogens with one attached hydrogen (secondary N) is 3. The number of esters is 2. The SMILES string of the molecule is C.C.C.C[N+](C)(C)c1ccc(CC(=O)NCCCCCCCCOc2ccc(OC(=O)c3c(Cl)cccc3Cl)cc2)cc1.C[N+](C)(C)c1ccc(CC(=O)NCCCCCCCCOc2ccc(OC(=O)c3cccc(Cl)c3)cc2)cc1.C[N+](C)(C)c1ccc(CC(=O)NCCCCCCCCOc2ccc(OCc3cccc(Cl)c3)cc2)cc1.[I-].[I-].[I-]. The Morgan fingerprint density at radius 1 is 0.293 bits per heavy atom. The van der Waals surface area contributed by atoms with Gasteiger partial charge in [-0.05, 0) is 212 Å². The number of carbonyl (C=O) groups excluding carboxylic acids is 5. The number of carbonyl (C=O) groups is 5. The normalized spacial score (nSPS) is 10.7. The fourth-order valence-corrected chi connectivity index (χ4v) is 13.2. The molecular weight excluding hydrogens is 1970 g/mol. The van der Waals surface area contributed by atoms with Crippen molar-refractivity contribution in [3.8, 4) is 34.5 Å². The van der Waals surface area contributed by atoms with Gasteiger partial charge in [0.25, 0.3) is 0 Å². The van der Waals surface area contributed by atoms with Crippen LogP contribution in [-0.4, -0.2) is 133 Å². The second-order valence-electron chi connectivity index (χ2n) is 31.7. The third kappa shape index (κ3) is 46.7. The molecule has 0 saturated heterocycles. The number of unbranched alkanes of at least 4 members (excludes halogenated alkanes) is 15. The first-order valence-corrected chi connectivity index (χ1v) is 42.4. The van der Waals surface area contributed by atoms with E-state index in [1.807, 2.05) is 72.8 Å². The molecule has 0 radical (unpaired) electrons. The van der Waals surface area contributed by atoms with E-state index in [2.05, 4.69) is 128 Å². The van der Waals surface area contributed by atoms with E-state index in [0.717, 1.165) is 181 Å². The minimum atomic E-state index is -0.604. The number of quaternary nitrogens is 3. The molecule has 0 aliphatic heterocycles. The molecule has 674 valence electrons. The Labute approximate surface area is 806 Å². The quantitative estimate of drug-likeness (QED) is 0.0109. The van der Waals surface area contributed by atoms with Gasteiger partial charge in [0, 0.05) is 29.7 Å². The number of hydrogen-bond donors (Lipinski definition) is 3. The van der Waals surface area contributed by atoms with E-state index in [4.69, 9.17) is 74.8 Å². The smallest absolute Gasteiger partial charge is 0.346 e. The van der Waals surface area contributed by atoms with Gasteiger partial charge in [0.1, 0.15) is 58.2 Å². The Bertz CT molecular complexity index is 4440. The number of rotatable bonds is 46. The van der Waals surface area contributed by atoms with Crippen LogP contribution in [0.3, 0.4) is 0 Å². The molecule has 0 aromatic heterocycles. The summed E-state index contributed by atoms with van der Waals surface area (Å²) >= 11 is 24.1. The topological polar surface area (TPSA) is 177 Å². The standard InChI is InChI=1S/C32H38Cl2N2O4.C32H39ClN2O4.C32H41ClN2O3.3CH4.3HI/c1-36(2,3)25-15-13-24(14-16-25)23-30(37)35-21-8-6-4-5-7-9-22-39-26-17-19-27(20-18-26)40-32(38)31-28(33)11-10-12-29(31)34;1-35(2,3)28-15-13-25(14-16-28)23-31(36)34-21-8-6-4-5-7-9-22-38-29-17-19-30(20-18-29)39-32(37)26-11-10-12-27(33)24-26;1-35(2,3)29-15-13-26(14-16-29)24-32(36)34-21-8-6-4-5-7-9-22-37-30-17-19-31(20-18-30)38-25-27-11-10-12-28(33)23-27;;;;;;/h10-20H,4-9,21-23H2,1-3H3;10-20,24H,4-9,21-23H2,1-3H3;10-20,23H,4-9,21-22,24-25H2,1-3H3;3*1H4;3*1H. The molecule has 0 unspecified atom stereocenters. The van der Waals surface area contributed by atoms with Crippen LogP contribution in [-0.2, 0) is 40.3 Å². The minimum absolute atomic E-state index is 0. The zero-order chi connectivity index (χ0) is 84.3. The highest BCUT2D eigenvalue weighted by Crippen LogP contribution is 2.29. The first-order valence-electron chi connectivity index (χ1n) is 40.9. The first-order chi connectivity index (χ1) is 56.1. The molecular formula is C99H133Cl4I3N6O11. The van der Waals surface area contributed by atoms with Gasteiger partial charge in [-0.3, -0.25) is 27.8 Å². The number of ether oxygens (including phenoxy) is 6. The van der Waals surface area contributed by atoms with Crippen molar-refractivity contribution in [1.29, 1.82) is 0 Å². The average Bonchev–Trinajstić information content (AvgIpc) is 0.840. The molecule has 9 rings (SSSR count). The summed E-state index contributed by atoms with van der Waals surface area (Å²) in [5, 5.41) is 10.8. The molecule has 0 heterocycles. The summed E-state index contributed by atoms with van der Waals surface area (Å²) in [6.45, 7) is 4.66. The molecule has 9 aromatic carbocycles. The maximum Gasteiger partial charge on any atom is 0.346 e. The third-order valence-electron chi connectivity index (χ3n) is 19.1. The van der Waals surface area contributed by atoms with Gasteiger partial charge in [-0.15, -0.1) is 0 Å². The van der Waals surface area contributed by atoms with Gasteiger partial charge in [-0.2, -0.15) is 0 Å². The second kappa shape index (κ2) is 62.0. The van der Waals surface area contributed by atoms with E-state index < -0.39 is 11.9 Å². The van der Waals surface area contributed by atoms with Crippen LogP contribution >= 0.6 is 46.4 Å². The number of halogens is 7. The molecule has 9 aromatic rings. The first kappa shape index (κ1) is 114. The minimum Gasteiger partial charge on any atom is -1.00 e. The highest BCUT2D eigenvalue weighted by Gasteiger charge is 2.19. The molecule has 0 bridgehead atoms. The predicted octanol–water partition coefficient (Wildman–Crippen LogP) is 14.4. The fourth-order valence-electron chi connectivity index (χ4n) is 12.2. The van der Waals surface area contributed by atoms with E-state index in [9.17, 15) is 24.0 Å². The van der Waals surface area contributed by atoms with Crippen LogP contribution in [0, 0.1) is 0 Å². The molecule has 123 heavy (non-hydrogen) atoms. The van der Waals surface area contributed by atoms with Crippen molar-refractivity contribution in [3.05, 3.63) is 266 Å². The lowest BCUT2D eigenvalue weighted by molar-refractivity contribution is -0.121. The molecule has 0 atom stereocenters. The van der Waals surface area contributed by atoms with E-state index in [-0.39, 0.29) is 128 Å². The van der Waals surface area contributed by atoms with E-state index in [0.29, 0.717) is 72.8 Å². The molecule has 3 amide bonds. The Morgan fingerprint density at radius 2 is 0.569 bits per heavy atom. The van der Waals surface area contributed by atoms with E-state index >= 15 is 0 Å². The van der Waals surface area contributed by atoms with Crippen molar-refractivity contribution in [2.45, 2.75) is 164 Å². The van der Waals surface area contributed by atoms with Crippen LogP contribution in [0.1, 0.15) is 181 Å². The maximum absolute atomic E-state index is 12.4. The molecule has 0 fully saturated rings. The predicted molar refractivity (Wildman–Crippen MR) is 501 cm³/mol. The second-order valence-corrected chi connectivity index (χ2v) is 33.4. The lowest BCUT2D eigenvalue weighted by Crippen LogP contribution is -3.00. The van der Waals surface area contributed by atoms with Crippen molar-refractivity contribution >= 4 is 93.1 Å². The lowest BCUT2D eigenvalue weighted by atomic mass is 10.1.